The number of carbonyl (C=O) groups is 2. The molecule has 4 aromatic rings. The SMILES string of the molecule is CC/C=C\c1nc(-c2scnc2C)ccc1/C=C/c1c(C(C)CC)c2ccc(C(=O)O)cc2n1CC(=O)N1CCCC1C. The molecule has 8 heteroatoms. The zero-order valence-corrected chi connectivity index (χ0v) is 26.4. The molecule has 4 heterocycles. The quantitative estimate of drug-likeness (QED) is 0.199. The third kappa shape index (κ3) is 6.20. The number of pyridine rings is 1. The second-order valence-corrected chi connectivity index (χ2v) is 12.2. The van der Waals surface area contributed by atoms with Gasteiger partial charge in [0.1, 0.15) is 6.54 Å². The number of benzene rings is 1. The first-order chi connectivity index (χ1) is 20.7. The van der Waals surface area contributed by atoms with Crippen LogP contribution >= 0.6 is 11.3 Å². The predicted molar refractivity (Wildman–Crippen MR) is 176 cm³/mol. The number of thiazole rings is 1. The molecule has 1 aliphatic heterocycles. The number of aromatic nitrogens is 3. The first-order valence-corrected chi connectivity index (χ1v) is 16.1. The summed E-state index contributed by atoms with van der Waals surface area (Å²) in [6, 6.07) is 9.60. The van der Waals surface area contributed by atoms with Gasteiger partial charge in [-0.3, -0.25) is 4.79 Å². The summed E-state index contributed by atoms with van der Waals surface area (Å²) in [7, 11) is 0. The first kappa shape index (κ1) is 30.4. The van der Waals surface area contributed by atoms with E-state index in [0.29, 0.717) is 0 Å². The fraction of sp³-hybridized carbons (Fsp3) is 0.371. The van der Waals surface area contributed by atoms with Crippen molar-refractivity contribution in [2.45, 2.75) is 78.8 Å². The molecule has 224 valence electrons. The molecule has 7 nitrogen and oxygen atoms in total. The number of hydrogen-bond acceptors (Lipinski definition) is 5. The lowest BCUT2D eigenvalue weighted by atomic mass is 9.94. The molecule has 0 radical (unpaired) electrons. The van der Waals surface area contributed by atoms with Crippen LogP contribution in [0, 0.1) is 6.92 Å². The largest absolute Gasteiger partial charge is 0.478 e. The van der Waals surface area contributed by atoms with Gasteiger partial charge in [0.15, 0.2) is 0 Å². The van der Waals surface area contributed by atoms with Gasteiger partial charge in [-0.1, -0.05) is 45.1 Å². The Morgan fingerprint density at radius 3 is 2.63 bits per heavy atom. The Morgan fingerprint density at radius 1 is 1.16 bits per heavy atom. The number of carboxylic acids is 1. The smallest absolute Gasteiger partial charge is 0.335 e. The maximum atomic E-state index is 13.7. The summed E-state index contributed by atoms with van der Waals surface area (Å²) in [5.74, 6) is -0.717. The molecule has 1 N–H and O–H groups in total. The highest BCUT2D eigenvalue weighted by Gasteiger charge is 2.28. The minimum absolute atomic E-state index is 0.0606. The van der Waals surface area contributed by atoms with Crippen LogP contribution in [-0.4, -0.2) is 49.0 Å². The molecule has 0 aliphatic carbocycles. The fourth-order valence-electron chi connectivity index (χ4n) is 5.96. The lowest BCUT2D eigenvalue weighted by molar-refractivity contribution is -0.132. The fourth-order valence-corrected chi connectivity index (χ4v) is 6.74. The first-order valence-electron chi connectivity index (χ1n) is 15.2. The number of likely N-dealkylation sites (tertiary alicyclic amines) is 1. The number of rotatable bonds is 10. The van der Waals surface area contributed by atoms with E-state index in [1.165, 1.54) is 0 Å². The third-order valence-corrected chi connectivity index (χ3v) is 9.48. The van der Waals surface area contributed by atoms with E-state index in [1.807, 2.05) is 34.0 Å². The minimum atomic E-state index is -0.981. The van der Waals surface area contributed by atoms with Gasteiger partial charge in [0.05, 0.1) is 38.5 Å². The number of hydrogen-bond donors (Lipinski definition) is 1. The average Bonchev–Trinajstić information content (AvgIpc) is 3.71. The van der Waals surface area contributed by atoms with Crippen LogP contribution in [0.15, 0.2) is 41.9 Å². The summed E-state index contributed by atoms with van der Waals surface area (Å²) in [6.45, 7) is 11.5. The van der Waals surface area contributed by atoms with Gasteiger partial charge in [-0.05, 0) is 81.4 Å². The molecular formula is C35H40N4O3S. The Morgan fingerprint density at radius 2 is 1.98 bits per heavy atom. The topological polar surface area (TPSA) is 88.3 Å². The molecule has 1 fully saturated rings. The second kappa shape index (κ2) is 13.1. The van der Waals surface area contributed by atoms with E-state index in [0.717, 1.165) is 81.9 Å². The summed E-state index contributed by atoms with van der Waals surface area (Å²) in [5.41, 5.74) is 8.58. The Labute approximate surface area is 257 Å². The van der Waals surface area contributed by atoms with Gasteiger partial charge in [-0.25, -0.2) is 14.8 Å². The monoisotopic (exact) mass is 596 g/mol. The van der Waals surface area contributed by atoms with Gasteiger partial charge < -0.3 is 14.6 Å². The van der Waals surface area contributed by atoms with Crippen molar-refractivity contribution < 1.29 is 14.7 Å². The van der Waals surface area contributed by atoms with Crippen LogP contribution in [0.2, 0.25) is 0 Å². The number of fused-ring (bicyclic) bond motifs is 1. The van der Waals surface area contributed by atoms with Gasteiger partial charge >= 0.3 is 5.97 Å². The summed E-state index contributed by atoms with van der Waals surface area (Å²) in [6.07, 6.45) is 12.1. The van der Waals surface area contributed by atoms with Crippen LogP contribution in [0.4, 0.5) is 0 Å². The molecule has 1 amide bonds. The van der Waals surface area contributed by atoms with Crippen LogP contribution in [0.25, 0.3) is 39.7 Å². The number of aryl methyl sites for hydroxylation is 1. The lowest BCUT2D eigenvalue weighted by Crippen LogP contribution is -2.36. The van der Waals surface area contributed by atoms with Crippen molar-refractivity contribution in [1.82, 2.24) is 19.4 Å². The van der Waals surface area contributed by atoms with Crippen LogP contribution in [-0.2, 0) is 11.3 Å². The van der Waals surface area contributed by atoms with E-state index in [4.69, 9.17) is 4.98 Å². The Balaban J connectivity index is 1.67. The van der Waals surface area contributed by atoms with Crippen LogP contribution in [0.3, 0.4) is 0 Å². The minimum Gasteiger partial charge on any atom is -0.478 e. The van der Waals surface area contributed by atoms with Crippen molar-refractivity contribution in [2.24, 2.45) is 0 Å². The van der Waals surface area contributed by atoms with Crippen molar-refractivity contribution >= 4 is 52.3 Å². The van der Waals surface area contributed by atoms with Crippen molar-refractivity contribution in [3.63, 3.8) is 0 Å². The van der Waals surface area contributed by atoms with Crippen LogP contribution in [0.1, 0.15) is 97.9 Å². The van der Waals surface area contributed by atoms with E-state index in [9.17, 15) is 14.7 Å². The van der Waals surface area contributed by atoms with Gasteiger partial charge in [-0.15, -0.1) is 11.3 Å². The Kier molecular flexibility index (Phi) is 9.25. The molecule has 0 spiro atoms. The van der Waals surface area contributed by atoms with Gasteiger partial charge in [-0.2, -0.15) is 0 Å². The van der Waals surface area contributed by atoms with Crippen molar-refractivity contribution in [2.75, 3.05) is 6.54 Å². The average molecular weight is 597 g/mol. The highest BCUT2D eigenvalue weighted by molar-refractivity contribution is 7.13. The Bertz CT molecular complexity index is 1710. The molecule has 1 aliphatic rings. The number of carboxylic acid groups (broad SMARTS) is 1. The number of carbonyl (C=O) groups excluding carboxylic acids is 1. The summed E-state index contributed by atoms with van der Waals surface area (Å²) in [4.78, 5) is 38.0. The second-order valence-electron chi connectivity index (χ2n) is 11.4. The molecule has 2 unspecified atom stereocenters. The molecule has 0 bridgehead atoms. The zero-order valence-electron chi connectivity index (χ0n) is 25.6. The highest BCUT2D eigenvalue weighted by atomic mass is 32.1. The predicted octanol–water partition coefficient (Wildman–Crippen LogP) is 8.28. The van der Waals surface area contributed by atoms with E-state index in [1.54, 1.807) is 23.5 Å². The van der Waals surface area contributed by atoms with Crippen molar-refractivity contribution in [3.8, 4) is 10.6 Å². The highest BCUT2D eigenvalue weighted by Crippen LogP contribution is 2.36. The molecule has 0 saturated carbocycles. The maximum absolute atomic E-state index is 13.7. The van der Waals surface area contributed by atoms with E-state index >= 15 is 0 Å². The van der Waals surface area contributed by atoms with Gasteiger partial charge in [0, 0.05) is 29.2 Å². The van der Waals surface area contributed by atoms with Gasteiger partial charge in [0.25, 0.3) is 0 Å². The molecule has 2 atom stereocenters. The third-order valence-electron chi connectivity index (χ3n) is 8.53. The molecular weight excluding hydrogens is 556 g/mol. The zero-order chi connectivity index (χ0) is 30.7. The number of nitrogens with zero attached hydrogens (tertiary/aromatic N) is 4. The Hall–Kier alpha value is -4.04. The van der Waals surface area contributed by atoms with E-state index in [2.05, 4.69) is 63.0 Å². The number of amides is 1. The summed E-state index contributed by atoms with van der Waals surface area (Å²) < 4.78 is 2.02. The normalized spacial score (nSPS) is 16.2. The molecule has 1 aromatic carbocycles. The summed E-state index contributed by atoms with van der Waals surface area (Å²) >= 11 is 1.59. The molecule has 3 aromatic heterocycles. The van der Waals surface area contributed by atoms with Crippen molar-refractivity contribution in [1.29, 1.82) is 0 Å². The van der Waals surface area contributed by atoms with Crippen molar-refractivity contribution in [3.05, 3.63) is 75.7 Å². The molecule has 43 heavy (non-hydrogen) atoms. The molecule has 5 rings (SSSR count). The van der Waals surface area contributed by atoms with E-state index in [-0.39, 0.29) is 30.0 Å². The van der Waals surface area contributed by atoms with Gasteiger partial charge in [0.2, 0.25) is 5.91 Å². The number of allylic oxidation sites excluding steroid dienone is 1. The van der Waals surface area contributed by atoms with Crippen LogP contribution in [0.5, 0.6) is 0 Å². The lowest BCUT2D eigenvalue weighted by Gasteiger charge is -2.22. The summed E-state index contributed by atoms with van der Waals surface area (Å²) in [5, 5.41) is 10.8. The van der Waals surface area contributed by atoms with E-state index < -0.39 is 5.97 Å². The number of aromatic carboxylic acids is 1. The standard InChI is InChI=1S/C35H40N4O3S/c1-6-8-11-28-25(13-16-29(37-28)34-24(5)36-21-43-34)14-17-30-33(22(3)7-2)27-15-12-26(35(41)42)19-31(27)39(30)20-32(40)38-18-9-10-23(38)4/h8,11-17,19,21-23H,6-7,9-10,18,20H2,1-5H3,(H,41,42)/b11-8-,17-14+. The maximum Gasteiger partial charge on any atom is 0.335 e. The van der Waals surface area contributed by atoms with Crippen LogP contribution < -0.4 is 0 Å². The molecule has 1 saturated heterocycles.